The van der Waals surface area contributed by atoms with Crippen LogP contribution in [0, 0.1) is 11.8 Å². The van der Waals surface area contributed by atoms with E-state index in [1.165, 1.54) is 0 Å². The Labute approximate surface area is 85.9 Å². The Morgan fingerprint density at radius 1 is 1.50 bits per heavy atom. The molecule has 1 aliphatic heterocycles. The SMILES string of the molecule is CCCC(CC(=O)O)C1CCNCC1. The number of hydrogen-bond acceptors (Lipinski definition) is 2. The second-order valence-electron chi connectivity index (χ2n) is 4.23. The molecule has 1 atom stereocenters. The zero-order valence-electron chi connectivity index (χ0n) is 8.96. The summed E-state index contributed by atoms with van der Waals surface area (Å²) in [6.07, 6.45) is 4.83. The van der Waals surface area contributed by atoms with E-state index in [0.717, 1.165) is 38.8 Å². The van der Waals surface area contributed by atoms with Gasteiger partial charge < -0.3 is 10.4 Å². The van der Waals surface area contributed by atoms with Crippen LogP contribution >= 0.6 is 0 Å². The second kappa shape index (κ2) is 6.02. The van der Waals surface area contributed by atoms with Gasteiger partial charge in [0.1, 0.15) is 0 Å². The Hall–Kier alpha value is -0.570. The standard InChI is InChI=1S/C11H21NO2/c1-2-3-10(8-11(13)14)9-4-6-12-7-5-9/h9-10,12H,2-8H2,1H3,(H,13,14). The molecular formula is C11H21NO2. The molecule has 0 aromatic heterocycles. The molecule has 1 aliphatic rings. The lowest BCUT2D eigenvalue weighted by Crippen LogP contribution is -2.32. The van der Waals surface area contributed by atoms with Crippen molar-refractivity contribution in [2.45, 2.75) is 39.0 Å². The third-order valence-corrected chi connectivity index (χ3v) is 3.15. The largest absolute Gasteiger partial charge is 0.481 e. The van der Waals surface area contributed by atoms with Crippen molar-refractivity contribution in [1.29, 1.82) is 0 Å². The van der Waals surface area contributed by atoms with Crippen LogP contribution in [0.5, 0.6) is 0 Å². The molecule has 0 aromatic rings. The first-order valence-electron chi connectivity index (χ1n) is 5.66. The van der Waals surface area contributed by atoms with Crippen LogP contribution in [0.25, 0.3) is 0 Å². The number of rotatable bonds is 5. The predicted molar refractivity (Wildman–Crippen MR) is 56.2 cm³/mol. The van der Waals surface area contributed by atoms with Crippen molar-refractivity contribution < 1.29 is 9.90 Å². The van der Waals surface area contributed by atoms with Gasteiger partial charge in [0.15, 0.2) is 0 Å². The summed E-state index contributed by atoms with van der Waals surface area (Å²) in [7, 11) is 0. The van der Waals surface area contributed by atoms with Gasteiger partial charge in [-0.1, -0.05) is 13.3 Å². The second-order valence-corrected chi connectivity index (χ2v) is 4.23. The molecule has 82 valence electrons. The van der Waals surface area contributed by atoms with E-state index in [1.807, 2.05) is 0 Å². The molecule has 1 unspecified atom stereocenters. The van der Waals surface area contributed by atoms with Gasteiger partial charge in [0, 0.05) is 6.42 Å². The van der Waals surface area contributed by atoms with Crippen LogP contribution in [0.15, 0.2) is 0 Å². The molecule has 0 aromatic carbocycles. The molecule has 0 saturated carbocycles. The lowest BCUT2D eigenvalue weighted by Gasteiger charge is -2.29. The molecule has 0 amide bonds. The molecule has 0 aliphatic carbocycles. The number of carbonyl (C=O) groups is 1. The Kier molecular flexibility index (Phi) is 4.94. The Morgan fingerprint density at radius 2 is 2.14 bits per heavy atom. The number of carboxylic acids is 1. The van der Waals surface area contributed by atoms with Gasteiger partial charge >= 0.3 is 5.97 Å². The van der Waals surface area contributed by atoms with Gasteiger partial charge in [0.2, 0.25) is 0 Å². The molecule has 0 bridgehead atoms. The Morgan fingerprint density at radius 3 is 2.64 bits per heavy atom. The van der Waals surface area contributed by atoms with Crippen molar-refractivity contribution in [1.82, 2.24) is 5.32 Å². The monoisotopic (exact) mass is 199 g/mol. The van der Waals surface area contributed by atoms with Crippen molar-refractivity contribution in [3.63, 3.8) is 0 Å². The number of hydrogen-bond donors (Lipinski definition) is 2. The van der Waals surface area contributed by atoms with Gasteiger partial charge in [0.25, 0.3) is 0 Å². The highest BCUT2D eigenvalue weighted by atomic mass is 16.4. The van der Waals surface area contributed by atoms with Gasteiger partial charge in [-0.3, -0.25) is 4.79 Å². The van der Waals surface area contributed by atoms with Crippen LogP contribution in [0.2, 0.25) is 0 Å². The third kappa shape index (κ3) is 3.66. The summed E-state index contributed by atoms with van der Waals surface area (Å²) in [6, 6.07) is 0. The maximum absolute atomic E-state index is 10.7. The third-order valence-electron chi connectivity index (χ3n) is 3.15. The van der Waals surface area contributed by atoms with Crippen LogP contribution in [0.4, 0.5) is 0 Å². The first-order chi connectivity index (χ1) is 6.74. The van der Waals surface area contributed by atoms with E-state index in [9.17, 15) is 4.79 Å². The minimum absolute atomic E-state index is 0.360. The molecule has 3 nitrogen and oxygen atoms in total. The minimum atomic E-state index is -0.637. The van der Waals surface area contributed by atoms with Gasteiger partial charge in [-0.05, 0) is 44.2 Å². The summed E-state index contributed by atoms with van der Waals surface area (Å²) >= 11 is 0. The first kappa shape index (κ1) is 11.5. The molecule has 1 saturated heterocycles. The fraction of sp³-hybridized carbons (Fsp3) is 0.909. The molecule has 0 radical (unpaired) electrons. The van der Waals surface area contributed by atoms with Crippen LogP contribution in [-0.2, 0) is 4.79 Å². The zero-order valence-corrected chi connectivity index (χ0v) is 8.96. The fourth-order valence-corrected chi connectivity index (χ4v) is 2.42. The highest BCUT2D eigenvalue weighted by Crippen LogP contribution is 2.28. The van der Waals surface area contributed by atoms with E-state index in [0.29, 0.717) is 18.3 Å². The summed E-state index contributed by atoms with van der Waals surface area (Å²) < 4.78 is 0. The van der Waals surface area contributed by atoms with Gasteiger partial charge in [0.05, 0.1) is 0 Å². The number of aliphatic carboxylic acids is 1. The van der Waals surface area contributed by atoms with E-state index in [-0.39, 0.29) is 0 Å². The van der Waals surface area contributed by atoms with Crippen molar-refractivity contribution in [3.05, 3.63) is 0 Å². The Balaban J connectivity index is 2.42. The zero-order chi connectivity index (χ0) is 10.4. The molecule has 0 spiro atoms. The maximum Gasteiger partial charge on any atom is 0.303 e. The van der Waals surface area contributed by atoms with Gasteiger partial charge in [-0.25, -0.2) is 0 Å². The highest BCUT2D eigenvalue weighted by Gasteiger charge is 2.24. The number of piperidine rings is 1. The highest BCUT2D eigenvalue weighted by molar-refractivity contribution is 5.67. The van der Waals surface area contributed by atoms with E-state index in [4.69, 9.17) is 5.11 Å². The van der Waals surface area contributed by atoms with E-state index < -0.39 is 5.97 Å². The summed E-state index contributed by atoms with van der Waals surface area (Å²) in [5, 5.41) is 12.1. The lowest BCUT2D eigenvalue weighted by atomic mass is 9.80. The number of nitrogens with one attached hydrogen (secondary N) is 1. The Bertz CT molecular complexity index is 176. The predicted octanol–water partition coefficient (Wildman–Crippen LogP) is 1.88. The smallest absolute Gasteiger partial charge is 0.303 e. The molecule has 1 heterocycles. The van der Waals surface area contributed by atoms with E-state index in [2.05, 4.69) is 12.2 Å². The van der Waals surface area contributed by atoms with Crippen LogP contribution in [0.3, 0.4) is 0 Å². The van der Waals surface area contributed by atoms with E-state index >= 15 is 0 Å². The first-order valence-corrected chi connectivity index (χ1v) is 5.66. The average Bonchev–Trinajstić information content (AvgIpc) is 2.18. The van der Waals surface area contributed by atoms with Crippen molar-refractivity contribution in [2.75, 3.05) is 13.1 Å². The summed E-state index contributed by atoms with van der Waals surface area (Å²) in [4.78, 5) is 10.7. The molecular weight excluding hydrogens is 178 g/mol. The van der Waals surface area contributed by atoms with Crippen LogP contribution in [-0.4, -0.2) is 24.2 Å². The topological polar surface area (TPSA) is 49.3 Å². The lowest BCUT2D eigenvalue weighted by molar-refractivity contribution is -0.138. The van der Waals surface area contributed by atoms with Crippen LogP contribution < -0.4 is 5.32 Å². The van der Waals surface area contributed by atoms with Crippen molar-refractivity contribution in [2.24, 2.45) is 11.8 Å². The summed E-state index contributed by atoms with van der Waals surface area (Å²) in [5.74, 6) is 0.397. The molecule has 2 N–H and O–H groups in total. The van der Waals surface area contributed by atoms with E-state index in [1.54, 1.807) is 0 Å². The van der Waals surface area contributed by atoms with Crippen molar-refractivity contribution >= 4 is 5.97 Å². The van der Waals surface area contributed by atoms with Crippen LogP contribution in [0.1, 0.15) is 39.0 Å². The van der Waals surface area contributed by atoms with Gasteiger partial charge in [-0.2, -0.15) is 0 Å². The fourth-order valence-electron chi connectivity index (χ4n) is 2.42. The summed E-state index contributed by atoms with van der Waals surface area (Å²) in [5.41, 5.74) is 0. The molecule has 1 rings (SSSR count). The van der Waals surface area contributed by atoms with Gasteiger partial charge in [-0.15, -0.1) is 0 Å². The molecule has 3 heteroatoms. The quantitative estimate of drug-likeness (QED) is 0.710. The normalized spacial score (nSPS) is 20.6. The average molecular weight is 199 g/mol. The maximum atomic E-state index is 10.7. The minimum Gasteiger partial charge on any atom is -0.481 e. The molecule has 1 fully saturated rings. The number of carboxylic acid groups (broad SMARTS) is 1. The molecule has 14 heavy (non-hydrogen) atoms. The van der Waals surface area contributed by atoms with Crippen molar-refractivity contribution in [3.8, 4) is 0 Å². The summed E-state index contributed by atoms with van der Waals surface area (Å²) in [6.45, 7) is 4.25.